The molecule has 2 aliphatic rings. The lowest BCUT2D eigenvalue weighted by Gasteiger charge is -2.28. The number of aliphatic hydroxyl groups is 1. The normalized spacial score (nSPS) is 22.7. The molecule has 35 heavy (non-hydrogen) atoms. The maximum absolute atomic E-state index is 13.3. The topological polar surface area (TPSA) is 104 Å². The summed E-state index contributed by atoms with van der Waals surface area (Å²) in [6.07, 6.45) is -1.63. The Bertz CT molecular complexity index is 1230. The molecule has 2 fully saturated rings. The highest BCUT2D eigenvalue weighted by Gasteiger charge is 2.49. The number of aromatic amines is 1. The Kier molecular flexibility index (Phi) is 6.31. The number of hydrogen-bond donors (Lipinski definition) is 3. The molecule has 184 valence electrons. The van der Waals surface area contributed by atoms with Crippen molar-refractivity contribution in [1.29, 1.82) is 0 Å². The summed E-state index contributed by atoms with van der Waals surface area (Å²) in [6.45, 7) is 4.35. The first-order chi connectivity index (χ1) is 16.7. The number of nitrogens with zero attached hydrogens (tertiary/aromatic N) is 1. The molecule has 0 aliphatic carbocycles. The number of H-pyrrole nitrogens is 1. The minimum Gasteiger partial charge on any atom is -0.381 e. The molecule has 0 spiro atoms. The zero-order chi connectivity index (χ0) is 24.7. The molecular weight excluding hydrogens is 470 g/mol. The lowest BCUT2D eigenvalue weighted by Crippen LogP contribution is -2.53. The molecule has 4 atom stereocenters. The Morgan fingerprint density at radius 1 is 1.14 bits per heavy atom. The van der Waals surface area contributed by atoms with E-state index < -0.39 is 29.7 Å². The second-order valence-electron chi connectivity index (χ2n) is 9.58. The molecule has 2 aliphatic heterocycles. The van der Waals surface area contributed by atoms with Crippen molar-refractivity contribution in [2.24, 2.45) is 0 Å². The van der Waals surface area contributed by atoms with Gasteiger partial charge in [0, 0.05) is 29.0 Å². The van der Waals surface area contributed by atoms with Gasteiger partial charge in [-0.3, -0.25) is 9.59 Å². The number of carbonyl (C=O) groups is 2. The van der Waals surface area contributed by atoms with Crippen molar-refractivity contribution in [3.63, 3.8) is 0 Å². The van der Waals surface area contributed by atoms with Gasteiger partial charge in [-0.15, -0.1) is 0 Å². The largest absolute Gasteiger partial charge is 0.381 e. The van der Waals surface area contributed by atoms with Gasteiger partial charge in [0.05, 0.1) is 6.04 Å². The Morgan fingerprint density at radius 2 is 1.83 bits per heavy atom. The van der Waals surface area contributed by atoms with Crippen LogP contribution in [-0.4, -0.2) is 70.0 Å². The Morgan fingerprint density at radius 3 is 2.51 bits per heavy atom. The highest BCUT2D eigenvalue weighted by atomic mass is 35.5. The quantitative estimate of drug-likeness (QED) is 0.486. The molecule has 9 heteroatoms. The van der Waals surface area contributed by atoms with Gasteiger partial charge in [0.1, 0.15) is 17.9 Å². The number of hydrogen-bond acceptors (Lipinski definition) is 5. The maximum atomic E-state index is 13.3. The minimum atomic E-state index is -1.44. The van der Waals surface area contributed by atoms with Gasteiger partial charge in [0.2, 0.25) is 0 Å². The van der Waals surface area contributed by atoms with E-state index >= 15 is 0 Å². The summed E-state index contributed by atoms with van der Waals surface area (Å²) in [5.41, 5.74) is 1.97. The molecule has 2 saturated heterocycles. The number of rotatable bonds is 6. The van der Waals surface area contributed by atoms with Crippen molar-refractivity contribution in [3.8, 4) is 0 Å². The number of amides is 2. The van der Waals surface area contributed by atoms with Crippen LogP contribution in [0.3, 0.4) is 0 Å². The van der Waals surface area contributed by atoms with Gasteiger partial charge in [-0.05, 0) is 50.1 Å². The van der Waals surface area contributed by atoms with Crippen LogP contribution < -0.4 is 5.32 Å². The van der Waals surface area contributed by atoms with Crippen molar-refractivity contribution in [2.45, 2.75) is 50.4 Å². The first-order valence-electron chi connectivity index (χ1n) is 11.6. The van der Waals surface area contributed by atoms with E-state index in [2.05, 4.69) is 10.3 Å². The van der Waals surface area contributed by atoms with Crippen molar-refractivity contribution < 1.29 is 24.2 Å². The summed E-state index contributed by atoms with van der Waals surface area (Å²) in [6, 6.07) is 15.6. The number of carbonyl (C=O) groups excluding carboxylic acids is 2. The molecule has 2 amide bonds. The summed E-state index contributed by atoms with van der Waals surface area (Å²) in [4.78, 5) is 31.0. The predicted molar refractivity (Wildman–Crippen MR) is 131 cm³/mol. The van der Waals surface area contributed by atoms with Gasteiger partial charge in [-0.1, -0.05) is 41.9 Å². The number of fused-ring (bicyclic) bond motifs is 2. The first kappa shape index (κ1) is 23.8. The third-order valence-corrected chi connectivity index (χ3v) is 6.71. The van der Waals surface area contributed by atoms with Gasteiger partial charge in [0.25, 0.3) is 11.8 Å². The molecule has 1 aromatic heterocycles. The van der Waals surface area contributed by atoms with E-state index in [0.717, 1.165) is 16.5 Å². The number of halogens is 1. The van der Waals surface area contributed by atoms with Crippen LogP contribution in [0.4, 0.5) is 0 Å². The molecule has 3 heterocycles. The van der Waals surface area contributed by atoms with Gasteiger partial charge in [-0.25, -0.2) is 0 Å². The summed E-state index contributed by atoms with van der Waals surface area (Å²) in [5.74, 6) is -1.57. The van der Waals surface area contributed by atoms with Crippen LogP contribution in [-0.2, 0) is 20.7 Å². The molecule has 3 N–H and O–H groups in total. The fraction of sp³-hybridized carbons (Fsp3) is 0.385. The molecule has 0 bridgehead atoms. The zero-order valence-corrected chi connectivity index (χ0v) is 20.3. The standard InChI is InChI=1S/C26H28ClN3O5/c1-26(2)34-21-13-30(14-22(21)35-26)25(33)23(31)19(10-15-6-4-3-5-7-15)29-24(32)20-12-16-11-17(27)8-9-18(16)28-20/h3-9,11-12,19,21-23,28,31H,10,13-14H2,1-2H3,(H,29,32)/t19-,21-,22+,23+/m0/s1. The lowest BCUT2D eigenvalue weighted by atomic mass is 10.00. The van der Waals surface area contributed by atoms with Crippen LogP contribution in [0.25, 0.3) is 10.9 Å². The average Bonchev–Trinajstić information content (AvgIpc) is 3.48. The number of ether oxygens (including phenoxy) is 2. The smallest absolute Gasteiger partial charge is 0.268 e. The number of benzene rings is 2. The number of nitrogens with one attached hydrogen (secondary N) is 2. The fourth-order valence-electron chi connectivity index (χ4n) is 4.85. The van der Waals surface area contributed by atoms with E-state index in [1.165, 1.54) is 0 Å². The summed E-state index contributed by atoms with van der Waals surface area (Å²) in [5, 5.41) is 15.3. The molecule has 0 saturated carbocycles. The van der Waals surface area contributed by atoms with Crippen LogP contribution in [0.15, 0.2) is 54.6 Å². The Balaban J connectivity index is 1.33. The number of aliphatic hydroxyl groups excluding tert-OH is 1. The first-order valence-corrected chi connectivity index (χ1v) is 12.0. The Labute approximate surface area is 208 Å². The van der Waals surface area contributed by atoms with Gasteiger partial charge in [-0.2, -0.15) is 0 Å². The van der Waals surface area contributed by atoms with Crippen molar-refractivity contribution in [2.75, 3.05) is 13.1 Å². The van der Waals surface area contributed by atoms with E-state index in [4.69, 9.17) is 21.1 Å². The monoisotopic (exact) mass is 497 g/mol. The summed E-state index contributed by atoms with van der Waals surface area (Å²) in [7, 11) is 0. The predicted octanol–water partition coefficient (Wildman–Crippen LogP) is 2.89. The summed E-state index contributed by atoms with van der Waals surface area (Å²) < 4.78 is 11.7. The van der Waals surface area contributed by atoms with Gasteiger partial charge in [0.15, 0.2) is 11.9 Å². The van der Waals surface area contributed by atoms with Crippen molar-refractivity contribution >= 4 is 34.3 Å². The second-order valence-corrected chi connectivity index (χ2v) is 10.0. The molecule has 2 aromatic carbocycles. The third-order valence-electron chi connectivity index (χ3n) is 6.47. The number of likely N-dealkylation sites (tertiary alicyclic amines) is 1. The fourth-order valence-corrected chi connectivity index (χ4v) is 5.03. The lowest BCUT2D eigenvalue weighted by molar-refractivity contribution is -0.163. The van der Waals surface area contributed by atoms with E-state index in [0.29, 0.717) is 23.8 Å². The van der Waals surface area contributed by atoms with Crippen molar-refractivity contribution in [1.82, 2.24) is 15.2 Å². The maximum Gasteiger partial charge on any atom is 0.268 e. The minimum absolute atomic E-state index is 0.235. The Hall–Kier alpha value is -2.91. The second kappa shape index (κ2) is 9.28. The van der Waals surface area contributed by atoms with Crippen LogP contribution in [0.5, 0.6) is 0 Å². The molecular formula is C26H28ClN3O5. The molecule has 0 radical (unpaired) electrons. The van der Waals surface area contributed by atoms with Gasteiger partial charge >= 0.3 is 0 Å². The summed E-state index contributed by atoms with van der Waals surface area (Å²) >= 11 is 6.06. The van der Waals surface area contributed by atoms with E-state index in [1.54, 1.807) is 29.2 Å². The zero-order valence-electron chi connectivity index (χ0n) is 19.5. The molecule has 3 aromatic rings. The third kappa shape index (κ3) is 5.06. The highest BCUT2D eigenvalue weighted by molar-refractivity contribution is 6.31. The molecule has 0 unspecified atom stereocenters. The van der Waals surface area contributed by atoms with E-state index in [9.17, 15) is 14.7 Å². The molecule has 8 nitrogen and oxygen atoms in total. The van der Waals surface area contributed by atoms with Crippen LogP contribution >= 0.6 is 11.6 Å². The van der Waals surface area contributed by atoms with E-state index in [-0.39, 0.29) is 18.6 Å². The van der Waals surface area contributed by atoms with Gasteiger partial charge < -0.3 is 29.8 Å². The van der Waals surface area contributed by atoms with Crippen LogP contribution in [0.2, 0.25) is 5.02 Å². The van der Waals surface area contributed by atoms with Crippen molar-refractivity contribution in [3.05, 3.63) is 70.9 Å². The SMILES string of the molecule is CC1(C)O[C@H]2CN(C(=O)[C@H](O)[C@H](Cc3ccccc3)NC(=O)c3cc4cc(Cl)ccc4[nH]3)C[C@H]2O1. The van der Waals surface area contributed by atoms with Crippen LogP contribution in [0, 0.1) is 0 Å². The van der Waals surface area contributed by atoms with Crippen LogP contribution in [0.1, 0.15) is 29.9 Å². The highest BCUT2D eigenvalue weighted by Crippen LogP contribution is 2.33. The number of aromatic nitrogens is 1. The molecule has 5 rings (SSSR count). The average molecular weight is 498 g/mol. The van der Waals surface area contributed by atoms with E-state index in [1.807, 2.05) is 44.2 Å².